The molecule has 138 valence electrons. The summed E-state index contributed by atoms with van der Waals surface area (Å²) in [6.45, 7) is 2.22. The summed E-state index contributed by atoms with van der Waals surface area (Å²) >= 11 is 0. The van der Waals surface area contributed by atoms with Gasteiger partial charge in [0.1, 0.15) is 12.4 Å². The second-order valence-electron chi connectivity index (χ2n) is 5.79. The lowest BCUT2D eigenvalue weighted by Gasteiger charge is -2.11. The van der Waals surface area contributed by atoms with Crippen LogP contribution in [0.4, 0.5) is 0 Å². The summed E-state index contributed by atoms with van der Waals surface area (Å²) in [5.74, 6) is 1.69. The highest BCUT2D eigenvalue weighted by Crippen LogP contribution is 2.28. The van der Waals surface area contributed by atoms with Crippen molar-refractivity contribution in [3.05, 3.63) is 83.3 Å². The third-order valence-electron chi connectivity index (χ3n) is 3.77. The zero-order valence-corrected chi connectivity index (χ0v) is 15.1. The van der Waals surface area contributed by atoms with E-state index < -0.39 is 5.91 Å². The molecule has 0 unspecified atom stereocenters. The van der Waals surface area contributed by atoms with Gasteiger partial charge in [0.15, 0.2) is 17.3 Å². The smallest absolute Gasteiger partial charge is 0.307 e. The first-order valence-electron chi connectivity index (χ1n) is 8.40. The van der Waals surface area contributed by atoms with E-state index in [1.54, 1.807) is 38.3 Å². The minimum atomic E-state index is -0.408. The lowest BCUT2D eigenvalue weighted by Crippen LogP contribution is -2.16. The van der Waals surface area contributed by atoms with Gasteiger partial charge < -0.3 is 13.9 Å². The number of benzene rings is 2. The third-order valence-corrected chi connectivity index (χ3v) is 3.77. The summed E-state index contributed by atoms with van der Waals surface area (Å²) in [7, 11) is 1.58. The number of hydrogen-bond acceptors (Lipinski definition) is 5. The Morgan fingerprint density at radius 2 is 1.93 bits per heavy atom. The molecule has 27 heavy (non-hydrogen) atoms. The number of ether oxygens (including phenoxy) is 2. The van der Waals surface area contributed by atoms with E-state index >= 15 is 0 Å². The minimum Gasteiger partial charge on any atom is -0.493 e. The molecule has 1 N–H and O–H groups in total. The molecule has 2 aromatic carbocycles. The predicted molar refractivity (Wildman–Crippen MR) is 102 cm³/mol. The molecule has 0 saturated heterocycles. The molecular weight excluding hydrogens is 344 g/mol. The molecule has 1 aromatic heterocycles. The zero-order chi connectivity index (χ0) is 19.1. The quantitative estimate of drug-likeness (QED) is 0.509. The molecule has 0 saturated carbocycles. The van der Waals surface area contributed by atoms with Crippen LogP contribution in [-0.4, -0.2) is 19.2 Å². The predicted octanol–water partition coefficient (Wildman–Crippen LogP) is 3.94. The van der Waals surface area contributed by atoms with Gasteiger partial charge in [-0.05, 0) is 48.4 Å². The van der Waals surface area contributed by atoms with Gasteiger partial charge in [-0.2, -0.15) is 5.10 Å². The number of carbonyl (C=O) groups excluding carboxylic acids is 1. The van der Waals surface area contributed by atoms with Gasteiger partial charge in [0.05, 0.1) is 13.3 Å². The maximum absolute atomic E-state index is 11.9. The van der Waals surface area contributed by atoms with Gasteiger partial charge >= 0.3 is 5.91 Å². The summed E-state index contributed by atoms with van der Waals surface area (Å²) in [4.78, 5) is 11.9. The molecule has 0 bridgehead atoms. The van der Waals surface area contributed by atoms with Crippen LogP contribution in [0.1, 0.15) is 27.4 Å². The van der Waals surface area contributed by atoms with Crippen molar-refractivity contribution in [2.24, 2.45) is 5.10 Å². The molecule has 0 aliphatic rings. The lowest BCUT2D eigenvalue weighted by atomic mass is 10.2. The Morgan fingerprint density at radius 1 is 1.11 bits per heavy atom. The van der Waals surface area contributed by atoms with Crippen molar-refractivity contribution in [3.63, 3.8) is 0 Å². The number of nitrogens with zero attached hydrogens (tertiary/aromatic N) is 1. The molecule has 0 atom stereocenters. The van der Waals surface area contributed by atoms with Crippen molar-refractivity contribution in [2.45, 2.75) is 13.5 Å². The third kappa shape index (κ3) is 4.98. The SMILES string of the molecule is COc1cc(/C=N/NC(=O)c2ccc(C)o2)ccc1OCc1ccccc1. The van der Waals surface area contributed by atoms with E-state index in [9.17, 15) is 4.79 Å². The molecule has 1 amide bonds. The average Bonchev–Trinajstić information content (AvgIpc) is 3.14. The number of carbonyl (C=O) groups is 1. The summed E-state index contributed by atoms with van der Waals surface area (Å²) in [6.07, 6.45) is 1.52. The molecule has 1 heterocycles. The summed E-state index contributed by atoms with van der Waals surface area (Å²) in [5, 5.41) is 3.94. The Hall–Kier alpha value is -3.54. The number of nitrogens with one attached hydrogen (secondary N) is 1. The zero-order valence-electron chi connectivity index (χ0n) is 15.1. The molecule has 6 nitrogen and oxygen atoms in total. The molecule has 0 aliphatic heterocycles. The monoisotopic (exact) mass is 364 g/mol. The van der Waals surface area contributed by atoms with Crippen LogP contribution in [-0.2, 0) is 6.61 Å². The Labute approximate surface area is 157 Å². The highest BCUT2D eigenvalue weighted by atomic mass is 16.5. The minimum absolute atomic E-state index is 0.215. The molecule has 0 radical (unpaired) electrons. The van der Waals surface area contributed by atoms with Crippen LogP contribution in [0.2, 0.25) is 0 Å². The molecular formula is C21H20N2O4. The number of rotatable bonds is 7. The van der Waals surface area contributed by atoms with Crippen LogP contribution in [0.25, 0.3) is 0 Å². The maximum atomic E-state index is 11.9. The highest BCUT2D eigenvalue weighted by Gasteiger charge is 2.09. The molecule has 0 fully saturated rings. The van der Waals surface area contributed by atoms with Gasteiger partial charge in [0.25, 0.3) is 0 Å². The topological polar surface area (TPSA) is 73.1 Å². The van der Waals surface area contributed by atoms with E-state index in [1.807, 2.05) is 36.4 Å². The Bertz CT molecular complexity index is 932. The lowest BCUT2D eigenvalue weighted by molar-refractivity contribution is 0.0926. The number of furan rings is 1. The highest BCUT2D eigenvalue weighted by molar-refractivity contribution is 5.92. The average molecular weight is 364 g/mol. The van der Waals surface area contributed by atoms with Crippen LogP contribution in [0.3, 0.4) is 0 Å². The van der Waals surface area contributed by atoms with Gasteiger partial charge in [0, 0.05) is 0 Å². The maximum Gasteiger partial charge on any atom is 0.307 e. The molecule has 6 heteroatoms. The number of hydrazone groups is 1. The molecule has 3 rings (SSSR count). The normalized spacial score (nSPS) is 10.7. The van der Waals surface area contributed by atoms with E-state index in [2.05, 4.69) is 10.5 Å². The summed E-state index contributed by atoms with van der Waals surface area (Å²) < 4.78 is 16.4. The van der Waals surface area contributed by atoms with Crippen LogP contribution in [0, 0.1) is 6.92 Å². The van der Waals surface area contributed by atoms with E-state index in [0.29, 0.717) is 23.9 Å². The summed E-state index contributed by atoms with van der Waals surface area (Å²) in [5.41, 5.74) is 4.25. The number of aryl methyl sites for hydroxylation is 1. The van der Waals surface area contributed by atoms with Crippen LogP contribution >= 0.6 is 0 Å². The fourth-order valence-electron chi connectivity index (χ4n) is 2.40. The van der Waals surface area contributed by atoms with E-state index in [4.69, 9.17) is 13.9 Å². The van der Waals surface area contributed by atoms with Gasteiger partial charge in [-0.3, -0.25) is 4.79 Å². The number of amides is 1. The Kier molecular flexibility index (Phi) is 5.89. The van der Waals surface area contributed by atoms with Crippen molar-refractivity contribution < 1.29 is 18.7 Å². The van der Waals surface area contributed by atoms with Crippen molar-refractivity contribution in [3.8, 4) is 11.5 Å². The largest absolute Gasteiger partial charge is 0.493 e. The van der Waals surface area contributed by atoms with E-state index in [-0.39, 0.29) is 5.76 Å². The Balaban J connectivity index is 1.62. The molecule has 0 aliphatic carbocycles. The molecule has 3 aromatic rings. The van der Waals surface area contributed by atoms with Crippen LogP contribution in [0.15, 0.2) is 70.2 Å². The summed E-state index contributed by atoms with van der Waals surface area (Å²) in [6, 6.07) is 18.6. The first-order valence-corrected chi connectivity index (χ1v) is 8.40. The van der Waals surface area contributed by atoms with Crippen LogP contribution in [0.5, 0.6) is 11.5 Å². The first-order chi connectivity index (χ1) is 13.2. The molecule has 0 spiro atoms. The first kappa shape index (κ1) is 18.3. The fourth-order valence-corrected chi connectivity index (χ4v) is 2.40. The van der Waals surface area contributed by atoms with E-state index in [1.165, 1.54) is 6.21 Å². The van der Waals surface area contributed by atoms with Gasteiger partial charge in [-0.1, -0.05) is 30.3 Å². The van der Waals surface area contributed by atoms with E-state index in [0.717, 1.165) is 11.1 Å². The van der Waals surface area contributed by atoms with Gasteiger partial charge in [-0.15, -0.1) is 0 Å². The van der Waals surface area contributed by atoms with Crippen molar-refractivity contribution in [1.82, 2.24) is 5.43 Å². The standard InChI is InChI=1S/C21H20N2O4/c1-15-8-10-19(27-15)21(24)23-22-13-17-9-11-18(20(12-17)25-2)26-14-16-6-4-3-5-7-16/h3-13H,14H2,1-2H3,(H,23,24)/b22-13+. The van der Waals surface area contributed by atoms with Crippen molar-refractivity contribution >= 4 is 12.1 Å². The Morgan fingerprint density at radius 3 is 2.63 bits per heavy atom. The second-order valence-corrected chi connectivity index (χ2v) is 5.79. The van der Waals surface area contributed by atoms with Crippen LogP contribution < -0.4 is 14.9 Å². The van der Waals surface area contributed by atoms with Crippen molar-refractivity contribution in [1.29, 1.82) is 0 Å². The number of methoxy groups -OCH3 is 1. The van der Waals surface area contributed by atoms with Crippen molar-refractivity contribution in [2.75, 3.05) is 7.11 Å². The number of hydrogen-bond donors (Lipinski definition) is 1. The van der Waals surface area contributed by atoms with Gasteiger partial charge in [-0.25, -0.2) is 5.43 Å². The van der Waals surface area contributed by atoms with Gasteiger partial charge in [0.2, 0.25) is 0 Å². The fraction of sp³-hybridized carbons (Fsp3) is 0.143. The second kappa shape index (κ2) is 8.71.